The van der Waals surface area contributed by atoms with E-state index in [1.807, 2.05) is 0 Å². The van der Waals surface area contributed by atoms with Crippen LogP contribution < -0.4 is 0 Å². The summed E-state index contributed by atoms with van der Waals surface area (Å²) in [6, 6.07) is 0. The third-order valence-electron chi connectivity index (χ3n) is 3.53. The van der Waals surface area contributed by atoms with Gasteiger partial charge in [0.15, 0.2) is 5.82 Å². The molecule has 0 spiro atoms. The summed E-state index contributed by atoms with van der Waals surface area (Å²) in [5.41, 5.74) is 0. The molecule has 2 heterocycles. The molecule has 18 heavy (non-hydrogen) atoms. The smallest absolute Gasteiger partial charge is 0.240 e. The van der Waals surface area contributed by atoms with Crippen LogP contribution in [0.25, 0.3) is 0 Å². The van der Waals surface area contributed by atoms with Crippen LogP contribution >= 0.6 is 0 Å². The summed E-state index contributed by atoms with van der Waals surface area (Å²) >= 11 is 0. The summed E-state index contributed by atoms with van der Waals surface area (Å²) in [5, 5.41) is 12.9. The van der Waals surface area contributed by atoms with Gasteiger partial charge in [-0.1, -0.05) is 18.5 Å². The van der Waals surface area contributed by atoms with Crippen molar-refractivity contribution in [3.8, 4) is 0 Å². The number of aliphatic hydroxyl groups is 1. The maximum absolute atomic E-state index is 8.93. The van der Waals surface area contributed by atoms with E-state index in [0.717, 1.165) is 63.5 Å². The van der Waals surface area contributed by atoms with Crippen LogP contribution in [0.15, 0.2) is 4.52 Å². The molecule has 1 atom stereocenters. The predicted molar refractivity (Wildman–Crippen MR) is 68.0 cm³/mol. The lowest BCUT2D eigenvalue weighted by Crippen LogP contribution is -2.20. The minimum absolute atomic E-state index is 0.292. The zero-order valence-corrected chi connectivity index (χ0v) is 11.1. The standard InChI is InChI=1S/C13H23N3O2/c1-2-3-4-12-14-13(18-15-12)10-16-7-5-11(9-16)6-8-17/h11,17H,2-10H2,1H3. The first-order valence-corrected chi connectivity index (χ1v) is 6.96. The number of hydrogen-bond acceptors (Lipinski definition) is 5. The highest BCUT2D eigenvalue weighted by Gasteiger charge is 2.23. The van der Waals surface area contributed by atoms with Crippen molar-refractivity contribution in [2.24, 2.45) is 5.92 Å². The van der Waals surface area contributed by atoms with Crippen LogP contribution in [-0.2, 0) is 13.0 Å². The molecule has 1 aromatic heterocycles. The Kier molecular flexibility index (Phi) is 5.13. The minimum atomic E-state index is 0.292. The molecule has 1 N–H and O–H groups in total. The highest BCUT2D eigenvalue weighted by Crippen LogP contribution is 2.20. The van der Waals surface area contributed by atoms with Crippen LogP contribution in [0.5, 0.6) is 0 Å². The van der Waals surface area contributed by atoms with E-state index in [1.54, 1.807) is 0 Å². The fraction of sp³-hybridized carbons (Fsp3) is 0.846. The Morgan fingerprint density at radius 2 is 2.39 bits per heavy atom. The minimum Gasteiger partial charge on any atom is -0.396 e. The summed E-state index contributed by atoms with van der Waals surface area (Å²) in [4.78, 5) is 6.74. The van der Waals surface area contributed by atoms with Crippen molar-refractivity contribution >= 4 is 0 Å². The highest BCUT2D eigenvalue weighted by molar-refractivity contribution is 4.88. The number of aryl methyl sites for hydroxylation is 1. The predicted octanol–water partition coefficient (Wildman–Crippen LogP) is 1.62. The van der Waals surface area contributed by atoms with Gasteiger partial charge in [0.2, 0.25) is 5.89 Å². The molecule has 0 radical (unpaired) electrons. The fourth-order valence-electron chi connectivity index (χ4n) is 2.46. The van der Waals surface area contributed by atoms with Crippen LogP contribution in [0.1, 0.15) is 44.3 Å². The van der Waals surface area contributed by atoms with Gasteiger partial charge in [0, 0.05) is 19.6 Å². The van der Waals surface area contributed by atoms with Crippen LogP contribution in [0.3, 0.4) is 0 Å². The van der Waals surface area contributed by atoms with E-state index in [0.29, 0.717) is 12.5 Å². The van der Waals surface area contributed by atoms with E-state index >= 15 is 0 Å². The summed E-state index contributed by atoms with van der Waals surface area (Å²) in [5.74, 6) is 2.18. The van der Waals surface area contributed by atoms with Crippen molar-refractivity contribution in [2.45, 2.75) is 45.6 Å². The van der Waals surface area contributed by atoms with E-state index in [-0.39, 0.29) is 0 Å². The molecule has 5 heteroatoms. The van der Waals surface area contributed by atoms with Crippen molar-refractivity contribution in [1.29, 1.82) is 0 Å². The van der Waals surface area contributed by atoms with Gasteiger partial charge in [-0.2, -0.15) is 4.98 Å². The quantitative estimate of drug-likeness (QED) is 0.800. The number of aliphatic hydroxyl groups excluding tert-OH is 1. The summed E-state index contributed by atoms with van der Waals surface area (Å²) < 4.78 is 5.27. The largest absolute Gasteiger partial charge is 0.396 e. The first-order chi connectivity index (χ1) is 8.81. The number of nitrogens with zero attached hydrogens (tertiary/aromatic N) is 3. The Morgan fingerprint density at radius 1 is 1.50 bits per heavy atom. The van der Waals surface area contributed by atoms with Gasteiger partial charge in [-0.3, -0.25) is 4.90 Å². The summed E-state index contributed by atoms with van der Waals surface area (Å²) in [6.07, 6.45) is 5.24. The van der Waals surface area contributed by atoms with Crippen molar-refractivity contribution in [1.82, 2.24) is 15.0 Å². The van der Waals surface area contributed by atoms with E-state index in [1.165, 1.54) is 0 Å². The van der Waals surface area contributed by atoms with Gasteiger partial charge in [0.25, 0.3) is 0 Å². The molecule has 0 aromatic carbocycles. The lowest BCUT2D eigenvalue weighted by atomic mass is 10.1. The Morgan fingerprint density at radius 3 is 3.17 bits per heavy atom. The summed E-state index contributed by atoms with van der Waals surface area (Å²) in [6.45, 7) is 5.30. The van der Waals surface area contributed by atoms with Gasteiger partial charge in [-0.05, 0) is 31.7 Å². The molecule has 1 aliphatic rings. The second-order valence-electron chi connectivity index (χ2n) is 5.11. The molecular formula is C13H23N3O2. The number of aromatic nitrogens is 2. The number of rotatable bonds is 7. The van der Waals surface area contributed by atoms with Crippen molar-refractivity contribution in [2.75, 3.05) is 19.7 Å². The third-order valence-corrected chi connectivity index (χ3v) is 3.53. The zero-order chi connectivity index (χ0) is 12.8. The molecule has 0 amide bonds. The Labute approximate surface area is 108 Å². The monoisotopic (exact) mass is 253 g/mol. The van der Waals surface area contributed by atoms with Crippen LogP contribution in [0, 0.1) is 5.92 Å². The Bertz CT molecular complexity index is 354. The average molecular weight is 253 g/mol. The normalized spacial score (nSPS) is 20.7. The zero-order valence-electron chi connectivity index (χ0n) is 11.1. The molecular weight excluding hydrogens is 230 g/mol. The lowest BCUT2D eigenvalue weighted by Gasteiger charge is -2.12. The fourth-order valence-corrected chi connectivity index (χ4v) is 2.46. The van der Waals surface area contributed by atoms with Gasteiger partial charge in [-0.15, -0.1) is 0 Å². The molecule has 2 rings (SSSR count). The third kappa shape index (κ3) is 3.78. The van der Waals surface area contributed by atoms with Gasteiger partial charge < -0.3 is 9.63 Å². The first kappa shape index (κ1) is 13.5. The lowest BCUT2D eigenvalue weighted by molar-refractivity contribution is 0.236. The van der Waals surface area contributed by atoms with Crippen molar-refractivity contribution in [3.05, 3.63) is 11.7 Å². The van der Waals surface area contributed by atoms with E-state index in [2.05, 4.69) is 22.0 Å². The van der Waals surface area contributed by atoms with E-state index in [4.69, 9.17) is 9.63 Å². The van der Waals surface area contributed by atoms with Gasteiger partial charge in [0.1, 0.15) is 0 Å². The summed E-state index contributed by atoms with van der Waals surface area (Å²) in [7, 11) is 0. The molecule has 0 saturated carbocycles. The first-order valence-electron chi connectivity index (χ1n) is 6.96. The highest BCUT2D eigenvalue weighted by atomic mass is 16.5. The molecule has 5 nitrogen and oxygen atoms in total. The maximum Gasteiger partial charge on any atom is 0.240 e. The second kappa shape index (κ2) is 6.85. The molecule has 102 valence electrons. The van der Waals surface area contributed by atoms with Crippen molar-refractivity contribution in [3.63, 3.8) is 0 Å². The topological polar surface area (TPSA) is 62.4 Å². The molecule has 0 bridgehead atoms. The van der Waals surface area contributed by atoms with Gasteiger partial charge >= 0.3 is 0 Å². The molecule has 1 aliphatic heterocycles. The van der Waals surface area contributed by atoms with Crippen LogP contribution in [-0.4, -0.2) is 39.8 Å². The van der Waals surface area contributed by atoms with Gasteiger partial charge in [-0.25, -0.2) is 0 Å². The molecule has 1 fully saturated rings. The Hall–Kier alpha value is -0.940. The second-order valence-corrected chi connectivity index (χ2v) is 5.11. The number of hydrogen-bond donors (Lipinski definition) is 1. The van der Waals surface area contributed by atoms with E-state index in [9.17, 15) is 0 Å². The van der Waals surface area contributed by atoms with Crippen LogP contribution in [0.4, 0.5) is 0 Å². The molecule has 1 unspecified atom stereocenters. The number of likely N-dealkylation sites (tertiary alicyclic amines) is 1. The van der Waals surface area contributed by atoms with E-state index < -0.39 is 0 Å². The number of unbranched alkanes of at least 4 members (excludes halogenated alkanes) is 1. The average Bonchev–Trinajstić information content (AvgIpc) is 2.98. The maximum atomic E-state index is 8.93. The Balaban J connectivity index is 1.77. The van der Waals surface area contributed by atoms with Crippen molar-refractivity contribution < 1.29 is 9.63 Å². The SMILES string of the molecule is CCCCc1noc(CN2CCC(CCO)C2)n1. The molecule has 0 aliphatic carbocycles. The molecule has 1 saturated heterocycles. The molecule has 1 aromatic rings. The van der Waals surface area contributed by atoms with Gasteiger partial charge in [0.05, 0.1) is 6.54 Å². The van der Waals surface area contributed by atoms with Crippen LogP contribution in [0.2, 0.25) is 0 Å².